The first-order chi connectivity index (χ1) is 7.15. The van der Waals surface area contributed by atoms with E-state index in [0.717, 1.165) is 16.9 Å². The summed E-state index contributed by atoms with van der Waals surface area (Å²) in [6.07, 6.45) is 1.18. The fourth-order valence-corrected chi connectivity index (χ4v) is 1.62. The Balaban J connectivity index is 2.27. The molecule has 0 fully saturated rings. The van der Waals surface area contributed by atoms with E-state index in [4.69, 9.17) is 11.6 Å². The third-order valence-corrected chi connectivity index (χ3v) is 2.44. The minimum Gasteiger partial charge on any atom is -0.342 e. The number of hydrogen-bond acceptors (Lipinski definition) is 2. The zero-order valence-corrected chi connectivity index (χ0v) is 9.14. The number of H-pyrrole nitrogens is 1. The molecule has 0 atom stereocenters. The van der Waals surface area contributed by atoms with Crippen LogP contribution >= 0.6 is 11.6 Å². The Morgan fingerprint density at radius 2 is 2.33 bits per heavy atom. The van der Waals surface area contributed by atoms with Crippen LogP contribution in [0.15, 0.2) is 18.2 Å². The Hall–Kier alpha value is -1.35. The number of rotatable bonds is 3. The molecular formula is C11H11ClN2O. The first kappa shape index (κ1) is 10.2. The summed E-state index contributed by atoms with van der Waals surface area (Å²) < 4.78 is 0. The number of ketones is 1. The number of nitrogens with zero attached hydrogens (tertiary/aromatic N) is 1. The highest BCUT2D eigenvalue weighted by Gasteiger charge is 2.04. The number of carbonyl (C=O) groups excluding carboxylic acids is 1. The van der Waals surface area contributed by atoms with Crippen molar-refractivity contribution in [3.05, 3.63) is 29.0 Å². The zero-order valence-electron chi connectivity index (χ0n) is 8.38. The second-order valence-electron chi connectivity index (χ2n) is 3.55. The highest BCUT2D eigenvalue weighted by atomic mass is 35.5. The Bertz CT molecular complexity index is 504. The first-order valence-corrected chi connectivity index (χ1v) is 5.16. The molecule has 1 heterocycles. The van der Waals surface area contributed by atoms with Crippen LogP contribution in [0.25, 0.3) is 11.0 Å². The van der Waals surface area contributed by atoms with Crippen molar-refractivity contribution in [2.45, 2.75) is 19.8 Å². The molecule has 1 N–H and O–H groups in total. The fraction of sp³-hybridized carbons (Fsp3) is 0.273. The van der Waals surface area contributed by atoms with Gasteiger partial charge in [-0.15, -0.1) is 0 Å². The monoisotopic (exact) mass is 222 g/mol. The van der Waals surface area contributed by atoms with Crippen molar-refractivity contribution in [1.82, 2.24) is 9.97 Å². The molecule has 0 aliphatic carbocycles. The van der Waals surface area contributed by atoms with E-state index in [2.05, 4.69) is 9.97 Å². The van der Waals surface area contributed by atoms with Crippen LogP contribution in [0.2, 0.25) is 5.02 Å². The third-order valence-electron chi connectivity index (χ3n) is 2.21. The maximum atomic E-state index is 10.8. The number of halogens is 1. The van der Waals surface area contributed by atoms with E-state index in [1.54, 1.807) is 13.0 Å². The lowest BCUT2D eigenvalue weighted by Gasteiger charge is -1.90. The number of hydrogen-bond donors (Lipinski definition) is 1. The van der Waals surface area contributed by atoms with Crippen molar-refractivity contribution < 1.29 is 4.79 Å². The minimum atomic E-state index is 0.175. The standard InChI is InChI=1S/C11H11ClN2O/c1-7(15)2-5-11-13-9-4-3-8(12)6-10(9)14-11/h3-4,6H,2,5H2,1H3,(H,13,14). The van der Waals surface area contributed by atoms with Crippen LogP contribution in [0.3, 0.4) is 0 Å². The van der Waals surface area contributed by atoms with Crippen LogP contribution < -0.4 is 0 Å². The predicted octanol–water partition coefficient (Wildman–Crippen LogP) is 2.74. The lowest BCUT2D eigenvalue weighted by atomic mass is 10.2. The molecule has 0 bridgehead atoms. The van der Waals surface area contributed by atoms with E-state index in [0.29, 0.717) is 17.9 Å². The summed E-state index contributed by atoms with van der Waals surface area (Å²) in [5, 5.41) is 0.685. The van der Waals surface area contributed by atoms with Crippen molar-refractivity contribution in [1.29, 1.82) is 0 Å². The van der Waals surface area contributed by atoms with E-state index < -0.39 is 0 Å². The van der Waals surface area contributed by atoms with Gasteiger partial charge in [0.2, 0.25) is 0 Å². The van der Waals surface area contributed by atoms with Gasteiger partial charge in [-0.1, -0.05) is 11.6 Å². The number of nitrogens with one attached hydrogen (secondary N) is 1. The molecule has 15 heavy (non-hydrogen) atoms. The van der Waals surface area contributed by atoms with Crippen molar-refractivity contribution in [3.63, 3.8) is 0 Å². The highest BCUT2D eigenvalue weighted by Crippen LogP contribution is 2.17. The largest absolute Gasteiger partial charge is 0.342 e. The molecule has 1 aromatic heterocycles. The van der Waals surface area contributed by atoms with Crippen LogP contribution in [-0.4, -0.2) is 15.8 Å². The van der Waals surface area contributed by atoms with Crippen LogP contribution in [0.4, 0.5) is 0 Å². The van der Waals surface area contributed by atoms with Gasteiger partial charge in [0.1, 0.15) is 11.6 Å². The Labute approximate surface area is 92.5 Å². The summed E-state index contributed by atoms with van der Waals surface area (Å²) in [6, 6.07) is 5.51. The second kappa shape index (κ2) is 4.03. The lowest BCUT2D eigenvalue weighted by molar-refractivity contribution is -0.117. The molecule has 0 unspecified atom stereocenters. The molecule has 3 nitrogen and oxygen atoms in total. The number of aromatic amines is 1. The van der Waals surface area contributed by atoms with Crippen LogP contribution in [-0.2, 0) is 11.2 Å². The van der Waals surface area contributed by atoms with Gasteiger partial charge < -0.3 is 9.78 Å². The summed E-state index contributed by atoms with van der Waals surface area (Å²) in [4.78, 5) is 18.3. The number of benzene rings is 1. The summed E-state index contributed by atoms with van der Waals surface area (Å²) in [6.45, 7) is 1.58. The van der Waals surface area contributed by atoms with Gasteiger partial charge in [0.15, 0.2) is 0 Å². The number of carbonyl (C=O) groups is 1. The fourth-order valence-electron chi connectivity index (χ4n) is 1.45. The SMILES string of the molecule is CC(=O)CCc1nc2ccc(Cl)cc2[nH]1. The molecule has 0 radical (unpaired) electrons. The molecule has 0 spiro atoms. The summed E-state index contributed by atoms with van der Waals surface area (Å²) in [7, 11) is 0. The average molecular weight is 223 g/mol. The van der Waals surface area contributed by atoms with Gasteiger partial charge in [-0.3, -0.25) is 0 Å². The second-order valence-corrected chi connectivity index (χ2v) is 3.98. The first-order valence-electron chi connectivity index (χ1n) is 4.79. The summed E-state index contributed by atoms with van der Waals surface area (Å²) in [5.41, 5.74) is 1.80. The van der Waals surface area contributed by atoms with Gasteiger partial charge in [0.05, 0.1) is 11.0 Å². The minimum absolute atomic E-state index is 0.175. The molecule has 4 heteroatoms. The molecule has 1 aromatic carbocycles. The van der Waals surface area contributed by atoms with Crippen molar-refractivity contribution in [2.24, 2.45) is 0 Å². The number of imidazole rings is 1. The Morgan fingerprint density at radius 3 is 3.07 bits per heavy atom. The molecule has 0 aliphatic rings. The van der Waals surface area contributed by atoms with Crippen molar-refractivity contribution in [2.75, 3.05) is 0 Å². The third kappa shape index (κ3) is 2.36. The predicted molar refractivity (Wildman–Crippen MR) is 60.1 cm³/mol. The van der Waals surface area contributed by atoms with Gasteiger partial charge >= 0.3 is 0 Å². The molecule has 78 valence electrons. The van der Waals surface area contributed by atoms with Crippen LogP contribution in [0, 0.1) is 0 Å². The Kier molecular flexibility index (Phi) is 2.73. The maximum absolute atomic E-state index is 10.8. The van der Waals surface area contributed by atoms with Gasteiger partial charge in [-0.25, -0.2) is 4.98 Å². The molecule has 2 aromatic rings. The molecule has 0 aliphatic heterocycles. The smallest absolute Gasteiger partial charge is 0.130 e. The van der Waals surface area contributed by atoms with Crippen LogP contribution in [0.5, 0.6) is 0 Å². The lowest BCUT2D eigenvalue weighted by Crippen LogP contribution is -1.95. The van der Waals surface area contributed by atoms with Crippen LogP contribution in [0.1, 0.15) is 19.2 Å². The summed E-state index contributed by atoms with van der Waals surface area (Å²) in [5.74, 6) is 1.01. The van der Waals surface area contributed by atoms with Gasteiger partial charge in [-0.05, 0) is 25.1 Å². The average Bonchev–Trinajstić information content (AvgIpc) is 2.56. The van der Waals surface area contributed by atoms with E-state index in [1.807, 2.05) is 12.1 Å². The zero-order chi connectivity index (χ0) is 10.8. The van der Waals surface area contributed by atoms with Crippen molar-refractivity contribution >= 4 is 28.4 Å². The highest BCUT2D eigenvalue weighted by molar-refractivity contribution is 6.31. The molecular weight excluding hydrogens is 212 g/mol. The molecule has 2 rings (SSSR count). The molecule has 0 saturated carbocycles. The molecule has 0 saturated heterocycles. The molecule has 0 amide bonds. The number of aryl methyl sites for hydroxylation is 1. The van der Waals surface area contributed by atoms with Gasteiger partial charge in [0, 0.05) is 17.9 Å². The normalized spacial score (nSPS) is 10.8. The summed E-state index contributed by atoms with van der Waals surface area (Å²) >= 11 is 5.85. The quantitative estimate of drug-likeness (QED) is 0.868. The number of aromatic nitrogens is 2. The topological polar surface area (TPSA) is 45.8 Å². The van der Waals surface area contributed by atoms with E-state index in [9.17, 15) is 4.79 Å². The van der Waals surface area contributed by atoms with E-state index in [1.165, 1.54) is 0 Å². The van der Waals surface area contributed by atoms with Gasteiger partial charge in [-0.2, -0.15) is 0 Å². The van der Waals surface area contributed by atoms with Crippen molar-refractivity contribution in [3.8, 4) is 0 Å². The maximum Gasteiger partial charge on any atom is 0.130 e. The van der Waals surface area contributed by atoms with E-state index >= 15 is 0 Å². The van der Waals surface area contributed by atoms with E-state index in [-0.39, 0.29) is 5.78 Å². The number of fused-ring (bicyclic) bond motifs is 1. The number of Topliss-reactive ketones (excluding diaryl/α,β-unsaturated/α-hetero) is 1. The van der Waals surface area contributed by atoms with Gasteiger partial charge in [0.25, 0.3) is 0 Å². The Morgan fingerprint density at radius 1 is 1.53 bits per heavy atom.